The molecule has 1 N–H and O–H groups in total. The van der Waals surface area contributed by atoms with Crippen molar-refractivity contribution in [2.24, 2.45) is 0 Å². The van der Waals surface area contributed by atoms with E-state index >= 15 is 0 Å². The highest BCUT2D eigenvalue weighted by molar-refractivity contribution is 5.76. The molecule has 20 heavy (non-hydrogen) atoms. The quantitative estimate of drug-likeness (QED) is 0.686. The molecule has 112 valence electrons. The number of carbonyl (C=O) groups is 1. The van der Waals surface area contributed by atoms with Gasteiger partial charge in [0.1, 0.15) is 5.60 Å². The number of hydrogen-bond acceptors (Lipinski definition) is 3. The Kier molecular flexibility index (Phi) is 4.75. The van der Waals surface area contributed by atoms with Crippen LogP contribution < -0.4 is 0 Å². The van der Waals surface area contributed by atoms with Crippen LogP contribution in [-0.2, 0) is 21.3 Å². The first-order valence-corrected chi connectivity index (χ1v) is 5.81. The van der Waals surface area contributed by atoms with Crippen molar-refractivity contribution in [2.45, 2.75) is 31.8 Å². The van der Waals surface area contributed by atoms with E-state index in [1.807, 2.05) is 0 Å². The third kappa shape index (κ3) is 3.47. The molecule has 0 aliphatic heterocycles. The highest BCUT2D eigenvalue weighted by Crippen LogP contribution is 2.32. The summed E-state index contributed by atoms with van der Waals surface area (Å²) in [5, 5.41) is 9.99. The lowest BCUT2D eigenvalue weighted by atomic mass is 9.90. The minimum absolute atomic E-state index is 0.0671. The second-order valence-corrected chi connectivity index (χ2v) is 4.34. The Morgan fingerprint density at radius 2 is 1.70 bits per heavy atom. The van der Waals surface area contributed by atoms with Crippen LogP contribution in [0.4, 0.5) is 17.6 Å². The molecule has 0 spiro atoms. The van der Waals surface area contributed by atoms with Crippen molar-refractivity contribution in [3.63, 3.8) is 0 Å². The van der Waals surface area contributed by atoms with Gasteiger partial charge in [-0.1, -0.05) is 12.1 Å². The summed E-state index contributed by atoms with van der Waals surface area (Å²) in [6.07, 6.45) is -6.92. The summed E-state index contributed by atoms with van der Waals surface area (Å²) in [5.41, 5.74) is -3.34. The molecular weight excluding hydrogens is 280 g/mol. The first kappa shape index (κ1) is 16.4. The van der Waals surface area contributed by atoms with Crippen LogP contribution >= 0.6 is 0 Å². The summed E-state index contributed by atoms with van der Waals surface area (Å²) in [5.74, 6) is -1.27. The van der Waals surface area contributed by atoms with Gasteiger partial charge < -0.3 is 9.84 Å². The minimum Gasteiger partial charge on any atom is -0.464 e. The molecule has 7 heteroatoms. The molecule has 0 fully saturated rings. The van der Waals surface area contributed by atoms with E-state index in [1.165, 1.54) is 6.92 Å². The van der Waals surface area contributed by atoms with Crippen molar-refractivity contribution in [3.8, 4) is 0 Å². The molecule has 0 saturated carbocycles. The zero-order valence-corrected chi connectivity index (χ0v) is 10.9. The first-order chi connectivity index (χ1) is 9.10. The predicted octanol–water partition coefficient (Wildman–Crippen LogP) is 2.81. The molecule has 3 nitrogen and oxygen atoms in total. The van der Waals surface area contributed by atoms with Crippen LogP contribution in [0.5, 0.6) is 0 Å². The second kappa shape index (κ2) is 5.78. The lowest BCUT2D eigenvalue weighted by Gasteiger charge is -2.26. The Hall–Kier alpha value is -1.63. The number of esters is 1. The highest BCUT2D eigenvalue weighted by Gasteiger charge is 2.41. The molecule has 1 aromatic rings. The molecule has 0 bridgehead atoms. The van der Waals surface area contributed by atoms with Gasteiger partial charge in [0.05, 0.1) is 12.2 Å². The Morgan fingerprint density at radius 3 is 2.10 bits per heavy atom. The van der Waals surface area contributed by atoms with Crippen LogP contribution in [0, 0.1) is 0 Å². The summed E-state index contributed by atoms with van der Waals surface area (Å²) in [4.78, 5) is 11.3. The van der Waals surface area contributed by atoms with Crippen molar-refractivity contribution in [1.82, 2.24) is 0 Å². The molecule has 2 unspecified atom stereocenters. The average Bonchev–Trinajstić information content (AvgIpc) is 2.37. The zero-order valence-electron chi connectivity index (χ0n) is 10.9. The lowest BCUT2D eigenvalue weighted by molar-refractivity contribution is -0.160. The molecule has 0 heterocycles. The van der Waals surface area contributed by atoms with Gasteiger partial charge in [0.2, 0.25) is 6.17 Å². The fraction of sp³-hybridized carbons (Fsp3) is 0.462. The molecule has 0 aromatic heterocycles. The molecule has 2 atom stereocenters. The van der Waals surface area contributed by atoms with Crippen molar-refractivity contribution >= 4 is 5.97 Å². The van der Waals surface area contributed by atoms with E-state index in [9.17, 15) is 27.5 Å². The second-order valence-electron chi connectivity index (χ2n) is 4.34. The van der Waals surface area contributed by atoms with Gasteiger partial charge in [-0.15, -0.1) is 0 Å². The highest BCUT2D eigenvalue weighted by atomic mass is 19.4. The van der Waals surface area contributed by atoms with E-state index in [2.05, 4.69) is 4.74 Å². The van der Waals surface area contributed by atoms with Crippen LogP contribution in [0.3, 0.4) is 0 Å². The van der Waals surface area contributed by atoms with Gasteiger partial charge >= 0.3 is 12.1 Å². The van der Waals surface area contributed by atoms with Crippen LogP contribution in [-0.4, -0.2) is 23.9 Å². The van der Waals surface area contributed by atoms with Crippen LogP contribution in [0.2, 0.25) is 0 Å². The molecule has 0 radical (unpaired) electrons. The van der Waals surface area contributed by atoms with E-state index in [4.69, 9.17) is 0 Å². The normalized spacial score (nSPS) is 16.4. The molecule has 1 aromatic carbocycles. The summed E-state index contributed by atoms with van der Waals surface area (Å²) in [7, 11) is 0. The van der Waals surface area contributed by atoms with Crippen molar-refractivity contribution in [1.29, 1.82) is 0 Å². The third-order valence-electron chi connectivity index (χ3n) is 2.78. The average molecular weight is 294 g/mol. The number of halogens is 4. The minimum atomic E-state index is -4.53. The third-order valence-corrected chi connectivity index (χ3v) is 2.78. The maximum atomic E-state index is 13.8. The fourth-order valence-corrected chi connectivity index (χ4v) is 1.59. The number of rotatable bonds is 4. The van der Waals surface area contributed by atoms with Gasteiger partial charge in [-0.05, 0) is 31.5 Å². The molecule has 1 rings (SSSR count). The standard InChI is InChI=1S/C13H14F4O3/c1-3-20-11(18)10(14)12(2,19)8-4-6-9(7-5-8)13(15,16)17/h4-7,10,19H,3H2,1-2H3. The van der Waals surface area contributed by atoms with Crippen molar-refractivity contribution in [3.05, 3.63) is 35.4 Å². The largest absolute Gasteiger partial charge is 0.464 e. The van der Waals surface area contributed by atoms with E-state index < -0.39 is 29.5 Å². The Bertz CT molecular complexity index is 465. The molecule has 0 saturated heterocycles. The maximum absolute atomic E-state index is 13.8. The van der Waals surface area contributed by atoms with Crippen LogP contribution in [0.25, 0.3) is 0 Å². The van der Waals surface area contributed by atoms with Crippen LogP contribution in [0.1, 0.15) is 25.0 Å². The topological polar surface area (TPSA) is 46.5 Å². The number of ether oxygens (including phenoxy) is 1. The van der Waals surface area contributed by atoms with E-state index in [1.54, 1.807) is 0 Å². The van der Waals surface area contributed by atoms with Gasteiger partial charge in [0, 0.05) is 0 Å². The zero-order chi connectivity index (χ0) is 15.6. The van der Waals surface area contributed by atoms with Gasteiger partial charge in [-0.25, -0.2) is 9.18 Å². The molecule has 0 amide bonds. The number of carbonyl (C=O) groups excluding carboxylic acids is 1. The van der Waals surface area contributed by atoms with Gasteiger partial charge in [0.25, 0.3) is 0 Å². The maximum Gasteiger partial charge on any atom is 0.416 e. The fourth-order valence-electron chi connectivity index (χ4n) is 1.59. The van der Waals surface area contributed by atoms with Gasteiger partial charge in [-0.3, -0.25) is 0 Å². The van der Waals surface area contributed by atoms with Crippen molar-refractivity contribution < 1.29 is 32.2 Å². The first-order valence-electron chi connectivity index (χ1n) is 5.81. The summed E-state index contributed by atoms with van der Waals surface area (Å²) in [6, 6.07) is 3.27. The molecular formula is C13H14F4O3. The Balaban J connectivity index is 3.01. The number of hydrogen-bond donors (Lipinski definition) is 1. The van der Waals surface area contributed by atoms with E-state index in [-0.39, 0.29) is 12.2 Å². The summed E-state index contributed by atoms with van der Waals surface area (Å²) >= 11 is 0. The molecule has 0 aliphatic carbocycles. The summed E-state index contributed by atoms with van der Waals surface area (Å²) < 4.78 is 55.4. The van der Waals surface area contributed by atoms with E-state index in [0.717, 1.165) is 19.1 Å². The number of aliphatic hydroxyl groups is 1. The van der Waals surface area contributed by atoms with E-state index in [0.29, 0.717) is 12.1 Å². The lowest BCUT2D eigenvalue weighted by Crippen LogP contribution is -2.40. The molecule has 0 aliphatic rings. The van der Waals surface area contributed by atoms with Crippen LogP contribution in [0.15, 0.2) is 24.3 Å². The Morgan fingerprint density at radius 1 is 1.25 bits per heavy atom. The predicted molar refractivity (Wildman–Crippen MR) is 62.5 cm³/mol. The monoisotopic (exact) mass is 294 g/mol. The number of alkyl halides is 4. The summed E-state index contributed by atoms with van der Waals surface area (Å²) in [6.45, 7) is 2.40. The van der Waals surface area contributed by atoms with Crippen molar-refractivity contribution in [2.75, 3.05) is 6.61 Å². The Labute approximate surface area is 113 Å². The smallest absolute Gasteiger partial charge is 0.416 e. The van der Waals surface area contributed by atoms with Gasteiger partial charge in [0.15, 0.2) is 0 Å². The SMILES string of the molecule is CCOC(=O)C(F)C(C)(O)c1ccc(C(F)(F)F)cc1. The number of benzene rings is 1. The van der Waals surface area contributed by atoms with Gasteiger partial charge in [-0.2, -0.15) is 13.2 Å².